The second-order valence-electron chi connectivity index (χ2n) is 17.4. The number of imidazole rings is 2. The Hall–Kier alpha value is -6.12. The Bertz CT molecular complexity index is 2440. The number of carbonyl (C=O) groups excluding carboxylic acids is 4. The van der Waals surface area contributed by atoms with E-state index in [1.54, 1.807) is 0 Å². The van der Waals surface area contributed by atoms with Gasteiger partial charge in [0.15, 0.2) is 0 Å². The second-order valence-corrected chi connectivity index (χ2v) is 17.4. The van der Waals surface area contributed by atoms with Crippen LogP contribution in [0.5, 0.6) is 5.75 Å². The molecule has 0 unspecified atom stereocenters. The quantitative estimate of drug-likeness (QED) is 0.131. The smallest absolute Gasteiger partial charge is 0.407 e. The number of carbonyl (C=O) groups is 4. The van der Waals surface area contributed by atoms with Gasteiger partial charge in [-0.05, 0) is 104 Å². The van der Waals surface area contributed by atoms with Crippen molar-refractivity contribution in [2.45, 2.75) is 103 Å². The summed E-state index contributed by atoms with van der Waals surface area (Å²) in [6.07, 6.45) is 7.16. The van der Waals surface area contributed by atoms with Crippen molar-refractivity contribution in [3.63, 3.8) is 0 Å². The summed E-state index contributed by atoms with van der Waals surface area (Å²) in [4.78, 5) is 73.1. The molecule has 4 N–H and O–H groups in total. The largest absolute Gasteiger partial charge is 0.493 e. The monoisotopic (exact) mass is 846 g/mol. The second kappa shape index (κ2) is 18.5. The summed E-state index contributed by atoms with van der Waals surface area (Å²) in [5, 5.41) is 7.58. The molecule has 0 saturated carbocycles. The zero-order chi connectivity index (χ0) is 43.5. The minimum atomic E-state index is -0.706. The molecule has 0 radical (unpaired) electrons. The summed E-state index contributed by atoms with van der Waals surface area (Å²) in [7, 11) is 1.30. The van der Waals surface area contributed by atoms with E-state index in [4.69, 9.17) is 24.2 Å². The molecule has 4 atom stereocenters. The van der Waals surface area contributed by atoms with Crippen LogP contribution in [0.1, 0.15) is 103 Å². The Morgan fingerprint density at radius 3 is 2.35 bits per heavy atom. The number of aromatic nitrogens is 4. The highest BCUT2D eigenvalue weighted by Gasteiger charge is 2.39. The van der Waals surface area contributed by atoms with Crippen LogP contribution in [-0.2, 0) is 19.1 Å². The van der Waals surface area contributed by atoms with E-state index in [0.29, 0.717) is 25.5 Å². The lowest BCUT2D eigenvalue weighted by atomic mass is 9.98. The highest BCUT2D eigenvalue weighted by atomic mass is 16.5. The van der Waals surface area contributed by atoms with Gasteiger partial charge in [0.05, 0.1) is 55.3 Å². The Morgan fingerprint density at radius 1 is 0.839 bits per heavy atom. The molecule has 5 heterocycles. The predicted octanol–water partition coefficient (Wildman–Crippen LogP) is 8.18. The Labute approximate surface area is 361 Å². The number of aromatic amines is 2. The molecular weight excluding hydrogens is 789 g/mol. The minimum Gasteiger partial charge on any atom is -0.493 e. The van der Waals surface area contributed by atoms with E-state index in [2.05, 4.69) is 63.1 Å². The Balaban J connectivity index is 1.07. The molecule has 3 aliphatic rings. The summed E-state index contributed by atoms with van der Waals surface area (Å²) >= 11 is 0. The molecule has 0 spiro atoms. The van der Waals surface area contributed by atoms with Crippen molar-refractivity contribution < 1.29 is 33.4 Å². The van der Waals surface area contributed by atoms with Crippen LogP contribution in [0.4, 0.5) is 9.59 Å². The van der Waals surface area contributed by atoms with Gasteiger partial charge in [-0.15, -0.1) is 0 Å². The standard InChI is InChI=1S/C47H58N8O7/c1-27(2)39(52-46(58)60-5)44(56)55-21-11-13-37(55)43-49-34-19-16-31-24-29(14-17-32(31)41(34)51-43)30-15-18-33-35-26-48-42(50-35)36-12-10-20-54(36)45(57)40(28(3)4)53-47(59)62-23-9-7-6-8-22-61-38(33)25-30/h14-19,24-28,36-37,39-40H,6-13,20-23H2,1-5H3,(H,48,50)(H,49,51)(H,52,58)(H,53,59)/t36-,37-,39-,40-/m0/s1. The number of ether oxygens (including phenoxy) is 3. The Morgan fingerprint density at radius 2 is 1.58 bits per heavy atom. The molecule has 62 heavy (non-hydrogen) atoms. The molecule has 4 amide bonds. The van der Waals surface area contributed by atoms with E-state index in [1.807, 2.05) is 49.8 Å². The van der Waals surface area contributed by atoms with Crippen molar-refractivity contribution in [3.8, 4) is 28.1 Å². The first-order valence-electron chi connectivity index (χ1n) is 22.1. The van der Waals surface area contributed by atoms with Gasteiger partial charge in [-0.1, -0.05) is 52.0 Å². The topological polar surface area (TPSA) is 184 Å². The zero-order valence-corrected chi connectivity index (χ0v) is 36.3. The molecule has 8 rings (SSSR count). The third-order valence-corrected chi connectivity index (χ3v) is 12.5. The van der Waals surface area contributed by atoms with E-state index in [-0.39, 0.29) is 42.3 Å². The van der Waals surface area contributed by atoms with Crippen LogP contribution in [0.25, 0.3) is 44.2 Å². The van der Waals surface area contributed by atoms with Crippen LogP contribution in [0.3, 0.4) is 0 Å². The molecule has 15 heteroatoms. The molecule has 2 bridgehead atoms. The zero-order valence-electron chi connectivity index (χ0n) is 36.3. The number of alkyl carbamates (subject to hydrolysis) is 2. The summed E-state index contributed by atoms with van der Waals surface area (Å²) in [6, 6.07) is 14.8. The summed E-state index contributed by atoms with van der Waals surface area (Å²) in [5.41, 5.74) is 5.43. The average molecular weight is 847 g/mol. The van der Waals surface area contributed by atoms with Gasteiger partial charge in [0.2, 0.25) is 11.8 Å². The predicted molar refractivity (Wildman–Crippen MR) is 235 cm³/mol. The van der Waals surface area contributed by atoms with Crippen molar-refractivity contribution in [3.05, 3.63) is 66.4 Å². The van der Waals surface area contributed by atoms with Crippen LogP contribution >= 0.6 is 0 Å². The Kier molecular flexibility index (Phi) is 12.7. The summed E-state index contributed by atoms with van der Waals surface area (Å²) in [6.45, 7) is 9.64. The normalized spacial score (nSPS) is 20.8. The third kappa shape index (κ3) is 8.80. The van der Waals surface area contributed by atoms with Gasteiger partial charge < -0.3 is 44.6 Å². The first-order valence-corrected chi connectivity index (χ1v) is 22.1. The molecule has 3 aliphatic heterocycles. The first kappa shape index (κ1) is 42.6. The van der Waals surface area contributed by atoms with Gasteiger partial charge in [-0.25, -0.2) is 19.6 Å². The highest BCUT2D eigenvalue weighted by molar-refractivity contribution is 6.05. The lowest BCUT2D eigenvalue weighted by Crippen LogP contribution is -2.51. The molecule has 2 aromatic heterocycles. The third-order valence-electron chi connectivity index (χ3n) is 12.5. The fourth-order valence-electron chi connectivity index (χ4n) is 9.12. The van der Waals surface area contributed by atoms with E-state index in [0.717, 1.165) is 107 Å². The summed E-state index contributed by atoms with van der Waals surface area (Å²) < 4.78 is 16.8. The van der Waals surface area contributed by atoms with Gasteiger partial charge >= 0.3 is 12.2 Å². The number of likely N-dealkylation sites (tertiary alicyclic amines) is 1. The lowest BCUT2D eigenvalue weighted by molar-refractivity contribution is -0.136. The average Bonchev–Trinajstić information content (AvgIpc) is 4.11. The number of hydrogen-bond acceptors (Lipinski definition) is 9. The minimum absolute atomic E-state index is 0.118. The van der Waals surface area contributed by atoms with Crippen molar-refractivity contribution in [2.24, 2.45) is 11.8 Å². The van der Waals surface area contributed by atoms with Crippen LogP contribution < -0.4 is 15.4 Å². The van der Waals surface area contributed by atoms with Crippen molar-refractivity contribution >= 4 is 45.8 Å². The highest BCUT2D eigenvalue weighted by Crippen LogP contribution is 2.39. The number of benzene rings is 3. The number of fused-ring (bicyclic) bond motifs is 9. The maximum absolute atomic E-state index is 13.9. The maximum Gasteiger partial charge on any atom is 0.407 e. The lowest BCUT2D eigenvalue weighted by Gasteiger charge is -2.30. The van der Waals surface area contributed by atoms with Gasteiger partial charge in [0, 0.05) is 24.0 Å². The molecule has 0 aliphatic carbocycles. The number of nitrogens with zero attached hydrogens (tertiary/aromatic N) is 4. The van der Waals surface area contributed by atoms with E-state index in [1.165, 1.54) is 7.11 Å². The fraction of sp³-hybridized carbons (Fsp3) is 0.489. The van der Waals surface area contributed by atoms with Crippen LogP contribution in [0.2, 0.25) is 0 Å². The van der Waals surface area contributed by atoms with Crippen molar-refractivity contribution in [1.82, 2.24) is 40.4 Å². The van der Waals surface area contributed by atoms with Gasteiger partial charge in [-0.2, -0.15) is 0 Å². The molecule has 328 valence electrons. The molecule has 2 saturated heterocycles. The van der Waals surface area contributed by atoms with Gasteiger partial charge in [-0.3, -0.25) is 9.59 Å². The molecule has 2 fully saturated rings. The first-order chi connectivity index (χ1) is 30.0. The van der Waals surface area contributed by atoms with E-state index >= 15 is 0 Å². The van der Waals surface area contributed by atoms with E-state index in [9.17, 15) is 19.2 Å². The van der Waals surface area contributed by atoms with Crippen LogP contribution in [0, 0.1) is 11.8 Å². The fourth-order valence-corrected chi connectivity index (χ4v) is 9.12. The molecule has 3 aromatic carbocycles. The number of methoxy groups -OCH3 is 1. The van der Waals surface area contributed by atoms with Gasteiger partial charge in [0.25, 0.3) is 0 Å². The number of cyclic esters (lactones) is 1. The van der Waals surface area contributed by atoms with E-state index < -0.39 is 24.3 Å². The molecule has 5 aromatic rings. The van der Waals surface area contributed by atoms with Crippen LogP contribution in [-0.4, -0.2) is 99.2 Å². The number of amides is 4. The number of H-pyrrole nitrogens is 2. The number of hydrogen-bond donors (Lipinski definition) is 4. The SMILES string of the molecule is COC(=O)N[C@H](C(=O)N1CCC[C@H]1c1nc2c(ccc3cc(-c4ccc5c(c4)OCCCCCCOC(=O)N[C@@H](C(C)C)C(=O)N4CCC[C@H]4c4ncc-5[nH]4)ccc32)[nH]1)C(C)C. The van der Waals surface area contributed by atoms with Crippen LogP contribution in [0.15, 0.2) is 54.7 Å². The van der Waals surface area contributed by atoms with Crippen molar-refractivity contribution in [1.29, 1.82) is 0 Å². The maximum atomic E-state index is 13.9. The number of nitrogens with one attached hydrogen (secondary N) is 4. The number of rotatable bonds is 6. The molecular formula is C47H58N8O7. The van der Waals surface area contributed by atoms with Crippen molar-refractivity contribution in [2.75, 3.05) is 33.4 Å². The summed E-state index contributed by atoms with van der Waals surface area (Å²) in [5.74, 6) is 1.65. The molecule has 15 nitrogen and oxygen atoms in total. The van der Waals surface area contributed by atoms with Gasteiger partial charge in [0.1, 0.15) is 29.5 Å².